The molecule has 1 aromatic rings. The summed E-state index contributed by atoms with van der Waals surface area (Å²) in [5.41, 5.74) is 1.74. The number of benzene rings is 1. The van der Waals surface area contributed by atoms with E-state index in [0.29, 0.717) is 12.2 Å². The number of halogens is 1. The third-order valence-electron chi connectivity index (χ3n) is 2.58. The zero-order chi connectivity index (χ0) is 12.4. The summed E-state index contributed by atoms with van der Waals surface area (Å²) in [7, 11) is -0.865. The van der Waals surface area contributed by atoms with Crippen molar-refractivity contribution in [2.24, 2.45) is 0 Å². The highest BCUT2D eigenvalue weighted by atomic mass is 127. The van der Waals surface area contributed by atoms with Crippen molar-refractivity contribution in [2.45, 2.75) is 12.5 Å². The van der Waals surface area contributed by atoms with E-state index in [4.69, 9.17) is 0 Å². The van der Waals surface area contributed by atoms with Crippen LogP contribution < -0.4 is 10.6 Å². The average Bonchev–Trinajstić information content (AvgIpc) is 2.26. The molecule has 6 heteroatoms. The summed E-state index contributed by atoms with van der Waals surface area (Å²) < 4.78 is 12.1. The van der Waals surface area contributed by atoms with Gasteiger partial charge in [-0.25, -0.2) is 0 Å². The molecule has 2 unspecified atom stereocenters. The number of anilines is 2. The van der Waals surface area contributed by atoms with Crippen molar-refractivity contribution in [1.82, 2.24) is 0 Å². The lowest BCUT2D eigenvalue weighted by atomic mass is 10.1. The summed E-state index contributed by atoms with van der Waals surface area (Å²) in [5.74, 6) is 0.482. The van der Waals surface area contributed by atoms with Crippen molar-refractivity contribution in [1.29, 1.82) is 0 Å². The fourth-order valence-corrected chi connectivity index (χ4v) is 2.76. The van der Waals surface area contributed by atoms with E-state index in [1.807, 2.05) is 18.2 Å². The third kappa shape index (κ3) is 3.19. The Balaban J connectivity index is 2.13. The number of amides is 1. The van der Waals surface area contributed by atoms with Crippen LogP contribution in [0.15, 0.2) is 18.2 Å². The molecule has 2 atom stereocenters. The maximum Gasteiger partial charge on any atom is 0.246 e. The first kappa shape index (κ1) is 12.8. The Kier molecular flexibility index (Phi) is 4.03. The molecule has 17 heavy (non-hydrogen) atoms. The minimum Gasteiger partial charge on any atom is -0.372 e. The Morgan fingerprint density at radius 2 is 2.18 bits per heavy atom. The lowest BCUT2D eigenvalue weighted by Gasteiger charge is -2.26. The number of hydrogen-bond donors (Lipinski definition) is 2. The van der Waals surface area contributed by atoms with Crippen molar-refractivity contribution in [3.8, 4) is 0 Å². The molecule has 0 bridgehead atoms. The van der Waals surface area contributed by atoms with Crippen molar-refractivity contribution in [2.75, 3.05) is 22.6 Å². The second kappa shape index (κ2) is 5.34. The lowest BCUT2D eigenvalue weighted by molar-refractivity contribution is -0.117. The Bertz CT molecular complexity index is 479. The van der Waals surface area contributed by atoms with E-state index in [9.17, 15) is 9.00 Å². The van der Waals surface area contributed by atoms with E-state index in [-0.39, 0.29) is 11.9 Å². The van der Waals surface area contributed by atoms with E-state index >= 15 is 0 Å². The topological polar surface area (TPSA) is 58.2 Å². The molecule has 0 aliphatic carbocycles. The van der Waals surface area contributed by atoms with Crippen LogP contribution in [0.4, 0.5) is 11.4 Å². The molecular weight excluding hydrogens is 351 g/mol. The molecule has 4 nitrogen and oxygen atoms in total. The molecule has 0 aromatic heterocycles. The molecular formula is C11H13IN2O2S. The Morgan fingerprint density at radius 3 is 2.88 bits per heavy atom. The molecule has 92 valence electrons. The van der Waals surface area contributed by atoms with E-state index in [2.05, 4.69) is 33.2 Å². The minimum absolute atomic E-state index is 0.0510. The van der Waals surface area contributed by atoms with Gasteiger partial charge in [0.1, 0.15) is 6.04 Å². The minimum atomic E-state index is -0.865. The highest BCUT2D eigenvalue weighted by molar-refractivity contribution is 14.1. The fraction of sp³-hybridized carbons (Fsp3) is 0.364. The maximum atomic E-state index is 11.8. The number of nitrogens with one attached hydrogen (secondary N) is 2. The molecule has 1 aliphatic heterocycles. The summed E-state index contributed by atoms with van der Waals surface area (Å²) >= 11 is 2.20. The predicted octanol–water partition coefficient (Wildman–Crippen LogP) is 1.79. The van der Waals surface area contributed by atoms with Crippen molar-refractivity contribution < 1.29 is 9.00 Å². The molecule has 1 aliphatic rings. The molecule has 0 fully saturated rings. The van der Waals surface area contributed by atoms with E-state index in [1.54, 1.807) is 6.26 Å². The highest BCUT2D eigenvalue weighted by Gasteiger charge is 2.25. The summed E-state index contributed by atoms with van der Waals surface area (Å²) in [4.78, 5) is 11.8. The van der Waals surface area contributed by atoms with Crippen LogP contribution in [0.3, 0.4) is 0 Å². The first-order valence-corrected chi connectivity index (χ1v) is 8.04. The monoisotopic (exact) mass is 364 g/mol. The molecule has 1 aromatic carbocycles. The second-order valence-electron chi connectivity index (χ2n) is 3.94. The number of fused-ring (bicyclic) bond motifs is 1. The van der Waals surface area contributed by atoms with E-state index < -0.39 is 10.8 Å². The molecule has 2 N–H and O–H groups in total. The van der Waals surface area contributed by atoms with Crippen LogP contribution in [0.5, 0.6) is 0 Å². The standard InChI is InChI=1S/C11H13IN2O2S/c1-17(16)5-4-9-11(15)14-10-6-7(12)2-3-8(10)13-9/h2-3,6,9,13H,4-5H2,1H3,(H,14,15). The molecule has 1 amide bonds. The van der Waals surface area contributed by atoms with Crippen molar-refractivity contribution >= 4 is 50.7 Å². The van der Waals surface area contributed by atoms with Gasteiger partial charge in [-0.3, -0.25) is 9.00 Å². The summed E-state index contributed by atoms with van der Waals surface area (Å²) in [6.07, 6.45) is 2.23. The van der Waals surface area contributed by atoms with E-state index in [1.165, 1.54) is 0 Å². The molecule has 0 spiro atoms. The lowest BCUT2D eigenvalue weighted by Crippen LogP contribution is -2.39. The third-order valence-corrected chi connectivity index (χ3v) is 4.06. The molecule has 0 saturated heterocycles. The van der Waals surface area contributed by atoms with Gasteiger partial charge in [0.25, 0.3) is 0 Å². The van der Waals surface area contributed by atoms with Crippen LogP contribution in [0.2, 0.25) is 0 Å². The summed E-state index contributed by atoms with van der Waals surface area (Å²) in [6, 6.07) is 5.58. The fourth-order valence-electron chi connectivity index (χ4n) is 1.71. The Morgan fingerprint density at radius 1 is 1.41 bits per heavy atom. The van der Waals surface area contributed by atoms with Crippen LogP contribution in [0, 0.1) is 3.57 Å². The van der Waals surface area contributed by atoms with Crippen LogP contribution >= 0.6 is 22.6 Å². The summed E-state index contributed by atoms with van der Waals surface area (Å²) in [6.45, 7) is 0. The first-order valence-electron chi connectivity index (χ1n) is 5.23. The smallest absolute Gasteiger partial charge is 0.246 e. The average molecular weight is 364 g/mol. The molecule has 1 heterocycles. The number of carbonyl (C=O) groups excluding carboxylic acids is 1. The molecule has 0 radical (unpaired) electrons. The van der Waals surface area contributed by atoms with Crippen LogP contribution in [0.1, 0.15) is 6.42 Å². The quantitative estimate of drug-likeness (QED) is 0.805. The zero-order valence-electron chi connectivity index (χ0n) is 9.33. The van der Waals surface area contributed by atoms with E-state index in [0.717, 1.165) is 14.9 Å². The number of hydrogen-bond acceptors (Lipinski definition) is 3. The van der Waals surface area contributed by atoms with Gasteiger partial charge in [0.05, 0.1) is 11.4 Å². The normalized spacial score (nSPS) is 20.1. The number of rotatable bonds is 3. The highest BCUT2D eigenvalue weighted by Crippen LogP contribution is 2.28. The first-order chi connectivity index (χ1) is 8.06. The molecule has 2 rings (SSSR count). The summed E-state index contributed by atoms with van der Waals surface area (Å²) in [5, 5.41) is 6.05. The van der Waals surface area contributed by atoms with Gasteiger partial charge in [-0.1, -0.05) is 0 Å². The van der Waals surface area contributed by atoms with Gasteiger partial charge in [-0.2, -0.15) is 0 Å². The Hall–Kier alpha value is -0.630. The van der Waals surface area contributed by atoms with Crippen LogP contribution in [0.25, 0.3) is 0 Å². The largest absolute Gasteiger partial charge is 0.372 e. The van der Waals surface area contributed by atoms with Gasteiger partial charge >= 0.3 is 0 Å². The van der Waals surface area contributed by atoms with Gasteiger partial charge in [0.15, 0.2) is 0 Å². The van der Waals surface area contributed by atoms with Crippen molar-refractivity contribution in [3.05, 3.63) is 21.8 Å². The molecule has 0 saturated carbocycles. The SMILES string of the molecule is CS(=O)CCC1Nc2ccc(I)cc2NC1=O. The maximum absolute atomic E-state index is 11.8. The van der Waals surface area contributed by atoms with Gasteiger partial charge in [-0.15, -0.1) is 0 Å². The number of carbonyl (C=O) groups is 1. The van der Waals surface area contributed by atoms with Gasteiger partial charge < -0.3 is 10.6 Å². The van der Waals surface area contributed by atoms with Gasteiger partial charge in [0.2, 0.25) is 5.91 Å². The van der Waals surface area contributed by atoms with Gasteiger partial charge in [-0.05, 0) is 47.2 Å². The van der Waals surface area contributed by atoms with Crippen LogP contribution in [-0.4, -0.2) is 28.2 Å². The van der Waals surface area contributed by atoms with Gasteiger partial charge in [0, 0.05) is 26.4 Å². The van der Waals surface area contributed by atoms with Crippen molar-refractivity contribution in [3.63, 3.8) is 0 Å². The zero-order valence-corrected chi connectivity index (χ0v) is 12.3. The Labute approximate surface area is 116 Å². The van der Waals surface area contributed by atoms with Crippen LogP contribution in [-0.2, 0) is 15.6 Å². The second-order valence-corrected chi connectivity index (χ2v) is 6.74. The predicted molar refractivity (Wildman–Crippen MR) is 78.7 cm³/mol.